The Hall–Kier alpha value is -1.84. The van der Waals surface area contributed by atoms with E-state index in [-0.39, 0.29) is 0 Å². The molecule has 1 aliphatic carbocycles. The number of aromatic nitrogens is 2. The van der Waals surface area contributed by atoms with Crippen LogP contribution in [0, 0.1) is 11.3 Å². The van der Waals surface area contributed by atoms with Crippen molar-refractivity contribution in [3.05, 3.63) is 24.3 Å². The Balaban J connectivity index is 1.87. The Kier molecular flexibility index (Phi) is 3.24. The quantitative estimate of drug-likeness (QED) is 0.872. The van der Waals surface area contributed by atoms with Crippen LogP contribution in [0.25, 0.3) is 10.9 Å². The van der Waals surface area contributed by atoms with E-state index in [1.807, 2.05) is 18.2 Å². The van der Waals surface area contributed by atoms with Gasteiger partial charge in [-0.1, -0.05) is 26.0 Å². The Labute approximate surface area is 120 Å². The highest BCUT2D eigenvalue weighted by Gasteiger charge is 2.45. The van der Waals surface area contributed by atoms with E-state index >= 15 is 0 Å². The lowest BCUT2D eigenvalue weighted by Gasteiger charge is -2.11. The van der Waals surface area contributed by atoms with Crippen LogP contribution in [-0.2, 0) is 0 Å². The van der Waals surface area contributed by atoms with Gasteiger partial charge in [0, 0.05) is 18.5 Å². The molecule has 4 nitrogen and oxygen atoms in total. The third-order valence-corrected chi connectivity index (χ3v) is 4.17. The predicted molar refractivity (Wildman–Crippen MR) is 84.1 cm³/mol. The van der Waals surface area contributed by atoms with Gasteiger partial charge in [0.1, 0.15) is 5.82 Å². The van der Waals surface area contributed by atoms with Gasteiger partial charge < -0.3 is 10.6 Å². The second-order valence-electron chi connectivity index (χ2n) is 6.21. The van der Waals surface area contributed by atoms with Gasteiger partial charge >= 0.3 is 0 Å². The van der Waals surface area contributed by atoms with Crippen LogP contribution in [0.5, 0.6) is 0 Å². The molecule has 1 fully saturated rings. The van der Waals surface area contributed by atoms with Gasteiger partial charge in [0.25, 0.3) is 0 Å². The largest absolute Gasteiger partial charge is 0.369 e. The van der Waals surface area contributed by atoms with E-state index in [1.165, 1.54) is 6.42 Å². The second-order valence-corrected chi connectivity index (χ2v) is 6.21. The van der Waals surface area contributed by atoms with Crippen LogP contribution in [0.2, 0.25) is 0 Å². The number of rotatable bonds is 5. The fraction of sp³-hybridized carbons (Fsp3) is 0.500. The van der Waals surface area contributed by atoms with Crippen LogP contribution in [0.3, 0.4) is 0 Å². The van der Waals surface area contributed by atoms with Crippen LogP contribution in [0.15, 0.2) is 24.3 Å². The van der Waals surface area contributed by atoms with E-state index in [0.717, 1.165) is 35.7 Å². The average Bonchev–Trinajstić information content (AvgIpc) is 3.04. The molecule has 1 aromatic heterocycles. The van der Waals surface area contributed by atoms with E-state index < -0.39 is 0 Å². The molecule has 1 aromatic carbocycles. The third kappa shape index (κ3) is 2.55. The number of nitrogens with one attached hydrogen (secondary N) is 2. The number of para-hydroxylation sites is 1. The number of hydrogen-bond donors (Lipinski definition) is 2. The first-order valence-electron chi connectivity index (χ1n) is 7.34. The van der Waals surface area contributed by atoms with E-state index in [4.69, 9.17) is 0 Å². The van der Waals surface area contributed by atoms with Crippen LogP contribution in [0.1, 0.15) is 27.2 Å². The monoisotopic (exact) mass is 270 g/mol. The molecule has 20 heavy (non-hydrogen) atoms. The highest BCUT2D eigenvalue weighted by molar-refractivity contribution is 5.90. The zero-order valence-corrected chi connectivity index (χ0v) is 12.4. The Morgan fingerprint density at radius 1 is 1.20 bits per heavy atom. The first-order valence-corrected chi connectivity index (χ1v) is 7.34. The molecule has 1 atom stereocenters. The van der Waals surface area contributed by atoms with Crippen LogP contribution in [0.4, 0.5) is 11.8 Å². The topological polar surface area (TPSA) is 49.8 Å². The Morgan fingerprint density at radius 3 is 2.65 bits per heavy atom. The molecule has 1 heterocycles. The summed E-state index contributed by atoms with van der Waals surface area (Å²) >= 11 is 0. The summed E-state index contributed by atoms with van der Waals surface area (Å²) in [5, 5.41) is 7.80. The normalized spacial score (nSPS) is 19.9. The maximum Gasteiger partial charge on any atom is 0.225 e. The lowest BCUT2D eigenvalue weighted by Crippen LogP contribution is -2.11. The third-order valence-electron chi connectivity index (χ3n) is 4.17. The fourth-order valence-corrected chi connectivity index (χ4v) is 2.59. The summed E-state index contributed by atoms with van der Waals surface area (Å²) in [5.74, 6) is 2.39. The van der Waals surface area contributed by atoms with Gasteiger partial charge in [0.05, 0.1) is 5.52 Å². The van der Waals surface area contributed by atoms with E-state index in [2.05, 4.69) is 47.4 Å². The molecule has 0 aliphatic heterocycles. The van der Waals surface area contributed by atoms with Crippen molar-refractivity contribution in [1.82, 2.24) is 9.97 Å². The van der Waals surface area contributed by atoms with E-state index in [9.17, 15) is 0 Å². The highest BCUT2D eigenvalue weighted by atomic mass is 15.1. The number of fused-ring (bicyclic) bond motifs is 1. The average molecular weight is 270 g/mol. The summed E-state index contributed by atoms with van der Waals surface area (Å²) in [5.41, 5.74) is 1.47. The Morgan fingerprint density at radius 2 is 1.95 bits per heavy atom. The molecular weight excluding hydrogens is 248 g/mol. The summed E-state index contributed by atoms with van der Waals surface area (Å²) < 4.78 is 0. The maximum atomic E-state index is 4.60. The first kappa shape index (κ1) is 13.2. The van der Waals surface area contributed by atoms with Gasteiger partial charge in [-0.3, -0.25) is 0 Å². The van der Waals surface area contributed by atoms with Crippen molar-refractivity contribution in [2.45, 2.75) is 27.2 Å². The number of nitrogens with zero attached hydrogens (tertiary/aromatic N) is 2. The minimum Gasteiger partial charge on any atom is -0.369 e. The zero-order chi connectivity index (χ0) is 14.2. The summed E-state index contributed by atoms with van der Waals surface area (Å²) in [7, 11) is 0. The van der Waals surface area contributed by atoms with Gasteiger partial charge in [0.2, 0.25) is 5.95 Å². The van der Waals surface area contributed by atoms with Crippen molar-refractivity contribution in [2.24, 2.45) is 11.3 Å². The summed E-state index contributed by atoms with van der Waals surface area (Å²) in [6.45, 7) is 8.51. The lowest BCUT2D eigenvalue weighted by molar-refractivity contribution is 0.573. The van der Waals surface area contributed by atoms with Crippen LogP contribution >= 0.6 is 0 Å². The second kappa shape index (κ2) is 4.93. The van der Waals surface area contributed by atoms with Crippen LogP contribution < -0.4 is 10.6 Å². The SMILES string of the molecule is CCNc1nc(NCC2CC2(C)C)c2ccccc2n1. The minimum absolute atomic E-state index is 0.486. The standard InChI is InChI=1S/C16H22N4/c1-4-17-15-19-13-8-6-5-7-12(13)14(20-15)18-10-11-9-16(11,2)3/h5-8,11H,4,9-10H2,1-3H3,(H2,17,18,19,20). The van der Waals surface area contributed by atoms with E-state index in [1.54, 1.807) is 0 Å². The molecule has 0 spiro atoms. The molecule has 0 amide bonds. The molecule has 0 bridgehead atoms. The summed E-state index contributed by atoms with van der Waals surface area (Å²) in [6.07, 6.45) is 1.29. The molecule has 4 heteroatoms. The highest BCUT2D eigenvalue weighted by Crippen LogP contribution is 2.51. The molecule has 3 rings (SSSR count). The maximum absolute atomic E-state index is 4.60. The predicted octanol–water partition coefficient (Wildman–Crippen LogP) is 3.52. The van der Waals surface area contributed by atoms with Crippen molar-refractivity contribution in [1.29, 1.82) is 0 Å². The number of anilines is 2. The van der Waals surface area contributed by atoms with Crippen molar-refractivity contribution in [3.63, 3.8) is 0 Å². The van der Waals surface area contributed by atoms with Gasteiger partial charge in [-0.15, -0.1) is 0 Å². The summed E-state index contributed by atoms with van der Waals surface area (Å²) in [4.78, 5) is 9.14. The van der Waals surface area contributed by atoms with Crippen LogP contribution in [-0.4, -0.2) is 23.1 Å². The molecule has 106 valence electrons. The molecule has 0 radical (unpaired) electrons. The molecule has 2 aromatic rings. The molecule has 1 saturated carbocycles. The molecule has 2 N–H and O–H groups in total. The number of benzene rings is 1. The molecular formula is C16H22N4. The minimum atomic E-state index is 0.486. The molecule has 1 unspecified atom stereocenters. The molecule has 1 aliphatic rings. The van der Waals surface area contributed by atoms with Gasteiger partial charge in [-0.05, 0) is 36.8 Å². The lowest BCUT2D eigenvalue weighted by atomic mass is 10.1. The smallest absolute Gasteiger partial charge is 0.225 e. The van der Waals surface area contributed by atoms with E-state index in [0.29, 0.717) is 11.4 Å². The van der Waals surface area contributed by atoms with Crippen molar-refractivity contribution >= 4 is 22.7 Å². The van der Waals surface area contributed by atoms with Gasteiger partial charge in [-0.2, -0.15) is 4.98 Å². The zero-order valence-electron chi connectivity index (χ0n) is 12.4. The van der Waals surface area contributed by atoms with Gasteiger partial charge in [0.15, 0.2) is 0 Å². The molecule has 0 saturated heterocycles. The summed E-state index contributed by atoms with van der Waals surface area (Å²) in [6, 6.07) is 8.15. The van der Waals surface area contributed by atoms with Crippen molar-refractivity contribution < 1.29 is 0 Å². The fourth-order valence-electron chi connectivity index (χ4n) is 2.59. The van der Waals surface area contributed by atoms with Crippen molar-refractivity contribution in [2.75, 3.05) is 23.7 Å². The first-order chi connectivity index (χ1) is 9.60. The van der Waals surface area contributed by atoms with Gasteiger partial charge in [-0.25, -0.2) is 4.98 Å². The number of hydrogen-bond acceptors (Lipinski definition) is 4. The Bertz CT molecular complexity index is 621. The van der Waals surface area contributed by atoms with Crippen molar-refractivity contribution in [3.8, 4) is 0 Å².